The van der Waals surface area contributed by atoms with Crippen LogP contribution in [0.1, 0.15) is 19.3 Å². The number of hydrogen-bond donors (Lipinski definition) is 2. The normalized spacial score (nSPS) is 19.7. The lowest BCUT2D eigenvalue weighted by molar-refractivity contribution is -0.140. The molecule has 1 aliphatic rings. The Labute approximate surface area is 94.6 Å². The van der Waals surface area contributed by atoms with Crippen LogP contribution < -0.4 is 5.73 Å². The van der Waals surface area contributed by atoms with E-state index in [0.29, 0.717) is 18.1 Å². The third kappa shape index (κ3) is 4.40. The van der Waals surface area contributed by atoms with Crippen molar-refractivity contribution >= 4 is 17.7 Å². The molecule has 0 aromatic carbocycles. The number of ether oxygens (including phenoxy) is 1. The van der Waals surface area contributed by atoms with Gasteiger partial charge in [0.05, 0.1) is 20.1 Å². The number of hydrogen-bond acceptors (Lipinski definition) is 5. The van der Waals surface area contributed by atoms with Crippen molar-refractivity contribution in [2.45, 2.75) is 30.6 Å². The Morgan fingerprint density at radius 1 is 1.67 bits per heavy atom. The minimum Gasteiger partial charge on any atom is -0.469 e. The lowest BCUT2D eigenvalue weighted by Crippen LogP contribution is -2.37. The Hall–Kier alpha value is -0.260. The molecule has 1 saturated carbocycles. The molecule has 0 aromatic rings. The number of aliphatic hydroxyl groups excluding tert-OH is 1. The highest BCUT2D eigenvalue weighted by molar-refractivity contribution is 8.00. The molecule has 2 atom stereocenters. The lowest BCUT2D eigenvalue weighted by Gasteiger charge is -2.20. The Kier molecular flexibility index (Phi) is 5.42. The Morgan fingerprint density at radius 2 is 2.33 bits per heavy atom. The molecule has 0 radical (unpaired) electrons. The van der Waals surface area contributed by atoms with Gasteiger partial charge in [0, 0.05) is 17.0 Å². The minimum atomic E-state index is -0.209. The SMILES string of the molecule is COC(=O)CCSC(CO)C(N)C1CC1. The number of nitrogens with two attached hydrogens (primary N) is 1. The number of methoxy groups -OCH3 is 1. The van der Waals surface area contributed by atoms with Crippen molar-refractivity contribution < 1.29 is 14.6 Å². The Bertz CT molecular complexity index is 209. The number of carbonyl (C=O) groups excluding carboxylic acids is 1. The Morgan fingerprint density at radius 3 is 2.80 bits per heavy atom. The van der Waals surface area contributed by atoms with Gasteiger partial charge >= 0.3 is 5.97 Å². The molecule has 0 aromatic heterocycles. The smallest absolute Gasteiger partial charge is 0.306 e. The summed E-state index contributed by atoms with van der Waals surface area (Å²) in [4.78, 5) is 10.9. The molecule has 0 saturated heterocycles. The second-order valence-corrected chi connectivity index (χ2v) is 5.18. The van der Waals surface area contributed by atoms with Crippen LogP contribution in [0, 0.1) is 5.92 Å². The largest absolute Gasteiger partial charge is 0.469 e. The molecular formula is C10H19NO3S. The van der Waals surface area contributed by atoms with Crippen LogP contribution in [0.4, 0.5) is 0 Å². The molecule has 88 valence electrons. The van der Waals surface area contributed by atoms with E-state index in [-0.39, 0.29) is 23.9 Å². The predicted octanol–water partition coefficient (Wildman–Crippen LogP) is 0.381. The van der Waals surface area contributed by atoms with E-state index in [2.05, 4.69) is 4.74 Å². The van der Waals surface area contributed by atoms with Gasteiger partial charge in [0.15, 0.2) is 0 Å². The van der Waals surface area contributed by atoms with Gasteiger partial charge in [0.2, 0.25) is 0 Å². The number of esters is 1. The number of carbonyl (C=O) groups is 1. The van der Waals surface area contributed by atoms with Crippen LogP contribution in [0.5, 0.6) is 0 Å². The van der Waals surface area contributed by atoms with E-state index in [0.717, 1.165) is 0 Å². The van der Waals surface area contributed by atoms with Crippen LogP contribution in [-0.2, 0) is 9.53 Å². The Balaban J connectivity index is 2.18. The van der Waals surface area contributed by atoms with Gasteiger partial charge in [-0.3, -0.25) is 4.79 Å². The molecule has 0 aliphatic heterocycles. The number of aliphatic hydroxyl groups is 1. The maximum absolute atomic E-state index is 10.9. The van der Waals surface area contributed by atoms with Crippen molar-refractivity contribution in [3.05, 3.63) is 0 Å². The molecule has 2 unspecified atom stereocenters. The molecule has 1 rings (SSSR count). The quantitative estimate of drug-likeness (QED) is 0.622. The van der Waals surface area contributed by atoms with Crippen molar-refractivity contribution in [3.8, 4) is 0 Å². The first-order chi connectivity index (χ1) is 7.19. The third-order valence-corrected chi connectivity index (χ3v) is 3.97. The summed E-state index contributed by atoms with van der Waals surface area (Å²) < 4.78 is 4.54. The van der Waals surface area contributed by atoms with Gasteiger partial charge in [-0.2, -0.15) is 11.8 Å². The highest BCUT2D eigenvalue weighted by Gasteiger charge is 2.33. The second-order valence-electron chi connectivity index (χ2n) is 3.83. The molecule has 0 bridgehead atoms. The van der Waals surface area contributed by atoms with Gasteiger partial charge in [-0.25, -0.2) is 0 Å². The topological polar surface area (TPSA) is 72.5 Å². The number of thioether (sulfide) groups is 1. The van der Waals surface area contributed by atoms with Gasteiger partial charge in [-0.1, -0.05) is 0 Å². The first-order valence-electron chi connectivity index (χ1n) is 5.24. The van der Waals surface area contributed by atoms with Gasteiger partial charge in [0.1, 0.15) is 0 Å². The van der Waals surface area contributed by atoms with Gasteiger partial charge < -0.3 is 15.6 Å². The highest BCUT2D eigenvalue weighted by atomic mass is 32.2. The fraction of sp³-hybridized carbons (Fsp3) is 0.900. The van der Waals surface area contributed by atoms with E-state index < -0.39 is 0 Å². The van der Waals surface area contributed by atoms with E-state index in [1.54, 1.807) is 11.8 Å². The summed E-state index contributed by atoms with van der Waals surface area (Å²) >= 11 is 1.57. The average molecular weight is 233 g/mol. The van der Waals surface area contributed by atoms with E-state index in [1.807, 2.05) is 0 Å². The standard InChI is InChI=1S/C10H19NO3S/c1-14-9(13)4-5-15-8(6-12)10(11)7-2-3-7/h7-8,10,12H,2-6,11H2,1H3. The minimum absolute atomic E-state index is 0.0576. The predicted molar refractivity (Wildman–Crippen MR) is 60.7 cm³/mol. The summed E-state index contributed by atoms with van der Waals surface area (Å²) in [5, 5.41) is 9.24. The summed E-state index contributed by atoms with van der Waals surface area (Å²) in [6, 6.07) is 0.0673. The van der Waals surface area contributed by atoms with E-state index in [1.165, 1.54) is 20.0 Å². The first-order valence-corrected chi connectivity index (χ1v) is 6.28. The lowest BCUT2D eigenvalue weighted by atomic mass is 10.1. The van der Waals surface area contributed by atoms with Crippen LogP contribution in [0.25, 0.3) is 0 Å². The van der Waals surface area contributed by atoms with Crippen molar-refractivity contribution in [1.82, 2.24) is 0 Å². The van der Waals surface area contributed by atoms with Gasteiger partial charge in [0.25, 0.3) is 0 Å². The van der Waals surface area contributed by atoms with Crippen LogP contribution in [0.2, 0.25) is 0 Å². The van der Waals surface area contributed by atoms with Crippen molar-refractivity contribution in [1.29, 1.82) is 0 Å². The molecule has 0 amide bonds. The first kappa shape index (κ1) is 12.8. The van der Waals surface area contributed by atoms with Gasteiger partial charge in [-0.05, 0) is 18.8 Å². The summed E-state index contributed by atoms with van der Waals surface area (Å²) in [6.07, 6.45) is 2.74. The zero-order chi connectivity index (χ0) is 11.3. The van der Waals surface area contributed by atoms with Crippen molar-refractivity contribution in [3.63, 3.8) is 0 Å². The van der Waals surface area contributed by atoms with Gasteiger partial charge in [-0.15, -0.1) is 0 Å². The van der Waals surface area contributed by atoms with E-state index in [9.17, 15) is 9.90 Å². The molecule has 0 spiro atoms. The number of rotatable bonds is 7. The maximum Gasteiger partial charge on any atom is 0.306 e. The summed E-state index contributed by atoms with van der Waals surface area (Å²) in [5.74, 6) is 1.03. The summed E-state index contributed by atoms with van der Waals surface area (Å²) in [7, 11) is 1.38. The van der Waals surface area contributed by atoms with E-state index in [4.69, 9.17) is 5.73 Å². The monoisotopic (exact) mass is 233 g/mol. The van der Waals surface area contributed by atoms with E-state index >= 15 is 0 Å². The van der Waals surface area contributed by atoms with Crippen LogP contribution >= 0.6 is 11.8 Å². The molecule has 1 fully saturated rings. The maximum atomic E-state index is 10.9. The second kappa shape index (κ2) is 6.35. The summed E-state index contributed by atoms with van der Waals surface area (Å²) in [5.41, 5.74) is 5.99. The fourth-order valence-corrected chi connectivity index (χ4v) is 2.60. The van der Waals surface area contributed by atoms with Crippen LogP contribution in [0.15, 0.2) is 0 Å². The van der Waals surface area contributed by atoms with Crippen LogP contribution in [0.3, 0.4) is 0 Å². The third-order valence-electron chi connectivity index (χ3n) is 2.64. The summed E-state index contributed by atoms with van der Waals surface area (Å²) in [6.45, 7) is 0.0868. The molecule has 3 N–H and O–H groups in total. The zero-order valence-corrected chi connectivity index (χ0v) is 9.83. The average Bonchev–Trinajstić information content (AvgIpc) is 3.06. The zero-order valence-electron chi connectivity index (χ0n) is 9.02. The molecular weight excluding hydrogens is 214 g/mol. The van der Waals surface area contributed by atoms with Crippen molar-refractivity contribution in [2.24, 2.45) is 11.7 Å². The highest BCUT2D eigenvalue weighted by Crippen LogP contribution is 2.35. The molecule has 4 nitrogen and oxygen atoms in total. The van der Waals surface area contributed by atoms with Crippen LogP contribution in [-0.4, -0.2) is 41.8 Å². The molecule has 5 heteroatoms. The molecule has 0 heterocycles. The molecule has 1 aliphatic carbocycles. The molecule has 15 heavy (non-hydrogen) atoms. The van der Waals surface area contributed by atoms with Crippen molar-refractivity contribution in [2.75, 3.05) is 19.5 Å². The fourth-order valence-electron chi connectivity index (χ4n) is 1.47.